The van der Waals surface area contributed by atoms with Crippen LogP contribution in [0.25, 0.3) is 0 Å². The zero-order chi connectivity index (χ0) is 15.3. The average molecular weight is 298 g/mol. The van der Waals surface area contributed by atoms with E-state index in [0.29, 0.717) is 10.6 Å². The van der Waals surface area contributed by atoms with Gasteiger partial charge in [0.25, 0.3) is 0 Å². The monoisotopic (exact) mass is 297 g/mol. The van der Waals surface area contributed by atoms with Crippen molar-refractivity contribution < 1.29 is 19.1 Å². The van der Waals surface area contributed by atoms with Crippen molar-refractivity contribution in [2.75, 3.05) is 7.11 Å². The van der Waals surface area contributed by atoms with Crippen molar-refractivity contribution in [2.45, 2.75) is 19.9 Å². The standard InChI is InChI=1S/C14H16ClNO4/c1-8(17)12(14(19)20-3)13(16-9(2)18)10-4-6-11(15)7-5-10/h4-7,12-13H,1-3H3,(H,16,18). The zero-order valence-corrected chi connectivity index (χ0v) is 12.2. The molecule has 0 aromatic heterocycles. The zero-order valence-electron chi connectivity index (χ0n) is 11.5. The number of carbonyl (C=O) groups excluding carboxylic acids is 3. The van der Waals surface area contributed by atoms with E-state index in [9.17, 15) is 14.4 Å². The maximum atomic E-state index is 11.8. The maximum Gasteiger partial charge on any atom is 0.318 e. The number of esters is 1. The van der Waals surface area contributed by atoms with Gasteiger partial charge < -0.3 is 10.1 Å². The molecule has 0 aliphatic rings. The van der Waals surface area contributed by atoms with E-state index in [1.807, 2.05) is 0 Å². The lowest BCUT2D eigenvalue weighted by molar-refractivity contribution is -0.150. The Hall–Kier alpha value is -1.88. The Labute approximate surface area is 122 Å². The Morgan fingerprint density at radius 3 is 2.10 bits per heavy atom. The molecule has 1 aromatic rings. The van der Waals surface area contributed by atoms with E-state index >= 15 is 0 Å². The molecule has 0 radical (unpaired) electrons. The van der Waals surface area contributed by atoms with E-state index in [4.69, 9.17) is 11.6 Å². The molecule has 0 aliphatic heterocycles. The number of rotatable bonds is 5. The summed E-state index contributed by atoms with van der Waals surface area (Å²) in [7, 11) is 1.20. The molecule has 5 nitrogen and oxygen atoms in total. The van der Waals surface area contributed by atoms with Gasteiger partial charge in [0.1, 0.15) is 11.7 Å². The van der Waals surface area contributed by atoms with Crippen LogP contribution >= 0.6 is 11.6 Å². The van der Waals surface area contributed by atoms with E-state index in [0.717, 1.165) is 0 Å². The van der Waals surface area contributed by atoms with Gasteiger partial charge in [0.05, 0.1) is 13.2 Å². The highest BCUT2D eigenvalue weighted by atomic mass is 35.5. The van der Waals surface area contributed by atoms with Gasteiger partial charge in [-0.3, -0.25) is 14.4 Å². The number of Topliss-reactive ketones (excluding diaryl/α,β-unsaturated/α-hetero) is 1. The first-order valence-electron chi connectivity index (χ1n) is 5.97. The Balaban J connectivity index is 3.21. The minimum absolute atomic E-state index is 0.347. The number of nitrogens with one attached hydrogen (secondary N) is 1. The number of ether oxygens (including phenoxy) is 1. The molecular formula is C14H16ClNO4. The van der Waals surface area contributed by atoms with E-state index in [2.05, 4.69) is 10.1 Å². The molecule has 0 bridgehead atoms. The van der Waals surface area contributed by atoms with Crippen LogP contribution in [-0.4, -0.2) is 24.8 Å². The van der Waals surface area contributed by atoms with Gasteiger partial charge in [-0.25, -0.2) is 0 Å². The SMILES string of the molecule is COC(=O)C(C(C)=O)C(NC(C)=O)c1ccc(Cl)cc1. The summed E-state index contributed by atoms with van der Waals surface area (Å²) in [6.45, 7) is 2.60. The molecule has 6 heteroatoms. The predicted octanol–water partition coefficient (Wildman–Crippen LogP) is 1.90. The summed E-state index contributed by atoms with van der Waals surface area (Å²) in [5.74, 6) is -2.51. The third-order valence-corrected chi connectivity index (χ3v) is 3.07. The molecule has 2 unspecified atom stereocenters. The fourth-order valence-corrected chi connectivity index (χ4v) is 2.04. The topological polar surface area (TPSA) is 72.5 Å². The summed E-state index contributed by atoms with van der Waals surface area (Å²) in [5, 5.41) is 3.13. The highest BCUT2D eigenvalue weighted by molar-refractivity contribution is 6.30. The largest absolute Gasteiger partial charge is 0.468 e. The quantitative estimate of drug-likeness (QED) is 0.665. The second kappa shape index (κ2) is 7.05. The maximum absolute atomic E-state index is 11.8. The lowest BCUT2D eigenvalue weighted by Crippen LogP contribution is -2.39. The number of hydrogen-bond acceptors (Lipinski definition) is 4. The van der Waals surface area contributed by atoms with Crippen LogP contribution in [-0.2, 0) is 19.1 Å². The predicted molar refractivity (Wildman–Crippen MR) is 74.2 cm³/mol. The van der Waals surface area contributed by atoms with E-state index in [-0.39, 0.29) is 11.7 Å². The number of methoxy groups -OCH3 is 1. The second-order valence-corrected chi connectivity index (χ2v) is 4.78. The minimum atomic E-state index is -1.09. The molecule has 2 atom stereocenters. The lowest BCUT2D eigenvalue weighted by atomic mass is 9.90. The summed E-state index contributed by atoms with van der Waals surface area (Å²) in [5.41, 5.74) is 0.607. The van der Waals surface area contributed by atoms with Gasteiger partial charge in [0.2, 0.25) is 5.91 Å². The Morgan fingerprint density at radius 1 is 1.15 bits per heavy atom. The first-order valence-corrected chi connectivity index (χ1v) is 6.35. The third-order valence-electron chi connectivity index (χ3n) is 2.81. The van der Waals surface area contributed by atoms with Gasteiger partial charge in [0, 0.05) is 11.9 Å². The molecular weight excluding hydrogens is 282 g/mol. The molecule has 0 heterocycles. The van der Waals surface area contributed by atoms with Crippen LogP contribution in [0.1, 0.15) is 25.5 Å². The molecule has 0 saturated heterocycles. The van der Waals surface area contributed by atoms with Crippen molar-refractivity contribution in [3.05, 3.63) is 34.9 Å². The molecule has 0 saturated carbocycles. The van der Waals surface area contributed by atoms with Crippen LogP contribution < -0.4 is 5.32 Å². The molecule has 1 N–H and O–H groups in total. The normalized spacial score (nSPS) is 13.2. The number of carbonyl (C=O) groups is 3. The molecule has 0 fully saturated rings. The van der Waals surface area contributed by atoms with Crippen LogP contribution in [0.4, 0.5) is 0 Å². The van der Waals surface area contributed by atoms with Crippen LogP contribution in [0.3, 0.4) is 0 Å². The number of benzene rings is 1. The fraction of sp³-hybridized carbons (Fsp3) is 0.357. The van der Waals surface area contributed by atoms with Crippen molar-refractivity contribution in [1.82, 2.24) is 5.32 Å². The molecule has 108 valence electrons. The number of amides is 1. The molecule has 0 aliphatic carbocycles. The average Bonchev–Trinajstić information content (AvgIpc) is 2.37. The molecule has 1 amide bonds. The van der Waals surface area contributed by atoms with Crippen molar-refractivity contribution >= 4 is 29.3 Å². The molecule has 0 spiro atoms. The van der Waals surface area contributed by atoms with Crippen molar-refractivity contribution in [2.24, 2.45) is 5.92 Å². The van der Waals surface area contributed by atoms with Crippen LogP contribution in [0.15, 0.2) is 24.3 Å². The summed E-state index contributed by atoms with van der Waals surface area (Å²) in [4.78, 5) is 34.9. The van der Waals surface area contributed by atoms with Crippen molar-refractivity contribution in [3.63, 3.8) is 0 Å². The number of halogens is 1. The highest BCUT2D eigenvalue weighted by Crippen LogP contribution is 2.25. The summed E-state index contributed by atoms with van der Waals surface area (Å²) >= 11 is 5.81. The Bertz CT molecular complexity index is 512. The summed E-state index contributed by atoms with van der Waals surface area (Å²) < 4.78 is 4.64. The van der Waals surface area contributed by atoms with Gasteiger partial charge in [-0.15, -0.1) is 0 Å². The van der Waals surface area contributed by atoms with Gasteiger partial charge >= 0.3 is 5.97 Å². The first kappa shape index (κ1) is 16.2. The second-order valence-electron chi connectivity index (χ2n) is 4.34. The minimum Gasteiger partial charge on any atom is -0.468 e. The highest BCUT2D eigenvalue weighted by Gasteiger charge is 2.35. The molecule has 1 rings (SSSR count). The Kier molecular flexibility index (Phi) is 5.70. The van der Waals surface area contributed by atoms with Crippen LogP contribution in [0.5, 0.6) is 0 Å². The first-order chi connectivity index (χ1) is 9.36. The van der Waals surface area contributed by atoms with Gasteiger partial charge in [-0.1, -0.05) is 23.7 Å². The van der Waals surface area contributed by atoms with Crippen molar-refractivity contribution in [3.8, 4) is 0 Å². The Morgan fingerprint density at radius 2 is 1.70 bits per heavy atom. The molecule has 1 aromatic carbocycles. The summed E-state index contributed by atoms with van der Waals surface area (Å²) in [6, 6.07) is 5.78. The van der Waals surface area contributed by atoms with E-state index < -0.39 is 17.9 Å². The summed E-state index contributed by atoms with van der Waals surface area (Å²) in [6.07, 6.45) is 0. The van der Waals surface area contributed by atoms with Gasteiger partial charge in [-0.2, -0.15) is 0 Å². The smallest absolute Gasteiger partial charge is 0.318 e. The van der Waals surface area contributed by atoms with Gasteiger partial charge in [0.15, 0.2) is 0 Å². The van der Waals surface area contributed by atoms with Gasteiger partial charge in [-0.05, 0) is 24.6 Å². The van der Waals surface area contributed by atoms with E-state index in [1.54, 1.807) is 24.3 Å². The van der Waals surface area contributed by atoms with Crippen molar-refractivity contribution in [1.29, 1.82) is 0 Å². The third kappa shape index (κ3) is 4.06. The number of ketones is 1. The fourth-order valence-electron chi connectivity index (χ4n) is 1.91. The number of hydrogen-bond donors (Lipinski definition) is 1. The van der Waals surface area contributed by atoms with E-state index in [1.165, 1.54) is 21.0 Å². The van der Waals surface area contributed by atoms with Crippen LogP contribution in [0.2, 0.25) is 5.02 Å². The lowest BCUT2D eigenvalue weighted by Gasteiger charge is -2.24. The van der Waals surface area contributed by atoms with Crippen LogP contribution in [0, 0.1) is 5.92 Å². The molecule has 20 heavy (non-hydrogen) atoms.